The predicted octanol–water partition coefficient (Wildman–Crippen LogP) is 0.902. The highest BCUT2D eigenvalue weighted by molar-refractivity contribution is 14.0. The minimum atomic E-state index is -0.225. The number of carbonyl (C=O) groups excluding carboxylic acids is 1. The number of hydrogen-bond donors (Lipinski definition) is 2. The average Bonchev–Trinajstić information content (AvgIpc) is 3.28. The van der Waals surface area contributed by atoms with Crippen molar-refractivity contribution in [2.24, 2.45) is 10.4 Å². The molecule has 8 nitrogen and oxygen atoms in total. The number of guanidine groups is 1. The standard InChI is InChI=1S/C17H26N6O2.HI/c1-2-19-16(23-9-3-17(12-23)4-10-25-13-17)22-8-7-21-15(24)14-11-18-5-6-20-14;/h5-6,11H,2-4,7-10,12-13H2,1H3,(H,19,22)(H,21,24);1H. The number of aliphatic imine (C=N–C) groups is 1. The fourth-order valence-corrected chi connectivity index (χ4v) is 3.35. The minimum absolute atomic E-state index is 0. The van der Waals surface area contributed by atoms with E-state index in [9.17, 15) is 4.79 Å². The van der Waals surface area contributed by atoms with E-state index in [1.807, 2.05) is 0 Å². The van der Waals surface area contributed by atoms with Gasteiger partial charge in [-0.2, -0.15) is 0 Å². The summed E-state index contributed by atoms with van der Waals surface area (Å²) in [6, 6.07) is 0. The van der Waals surface area contributed by atoms with E-state index >= 15 is 0 Å². The third-order valence-electron chi connectivity index (χ3n) is 4.71. The molecule has 0 aromatic carbocycles. The zero-order valence-corrected chi connectivity index (χ0v) is 17.4. The van der Waals surface area contributed by atoms with Gasteiger partial charge in [0.2, 0.25) is 0 Å². The van der Waals surface area contributed by atoms with Gasteiger partial charge in [-0.3, -0.25) is 14.8 Å². The van der Waals surface area contributed by atoms with Gasteiger partial charge in [-0.05, 0) is 19.8 Å². The molecule has 1 atom stereocenters. The molecular weight excluding hydrogens is 447 g/mol. The highest BCUT2D eigenvalue weighted by Gasteiger charge is 2.42. The predicted molar refractivity (Wildman–Crippen MR) is 110 cm³/mol. The Hall–Kier alpha value is -1.49. The van der Waals surface area contributed by atoms with Crippen molar-refractivity contribution in [3.05, 3.63) is 24.3 Å². The number of nitrogens with zero attached hydrogens (tertiary/aromatic N) is 4. The maximum absolute atomic E-state index is 11.9. The highest BCUT2D eigenvalue weighted by atomic mass is 127. The molecule has 2 saturated heterocycles. The van der Waals surface area contributed by atoms with Crippen molar-refractivity contribution in [3.63, 3.8) is 0 Å². The van der Waals surface area contributed by atoms with Crippen LogP contribution in [-0.2, 0) is 4.74 Å². The molecule has 0 aliphatic carbocycles. The van der Waals surface area contributed by atoms with E-state index in [1.54, 1.807) is 6.20 Å². The first kappa shape index (κ1) is 20.8. The van der Waals surface area contributed by atoms with Crippen molar-refractivity contribution >= 4 is 35.8 Å². The van der Waals surface area contributed by atoms with Crippen LogP contribution in [0, 0.1) is 5.41 Å². The van der Waals surface area contributed by atoms with Crippen molar-refractivity contribution < 1.29 is 9.53 Å². The van der Waals surface area contributed by atoms with E-state index in [-0.39, 0.29) is 29.9 Å². The number of nitrogens with one attached hydrogen (secondary N) is 2. The van der Waals surface area contributed by atoms with E-state index in [0.29, 0.717) is 24.2 Å². The van der Waals surface area contributed by atoms with Crippen LogP contribution in [0.1, 0.15) is 30.3 Å². The van der Waals surface area contributed by atoms with Gasteiger partial charge in [0, 0.05) is 50.6 Å². The largest absolute Gasteiger partial charge is 0.381 e. The smallest absolute Gasteiger partial charge is 0.271 e. The van der Waals surface area contributed by atoms with Crippen LogP contribution in [0.3, 0.4) is 0 Å². The van der Waals surface area contributed by atoms with Crippen molar-refractivity contribution in [2.45, 2.75) is 19.8 Å². The molecule has 9 heteroatoms. The van der Waals surface area contributed by atoms with Crippen molar-refractivity contribution in [2.75, 3.05) is 45.9 Å². The van der Waals surface area contributed by atoms with Gasteiger partial charge < -0.3 is 20.3 Å². The molecule has 2 aliphatic heterocycles. The number of ether oxygens (including phenoxy) is 1. The number of carbonyl (C=O) groups is 1. The molecule has 1 unspecified atom stereocenters. The van der Waals surface area contributed by atoms with Crippen LogP contribution in [0.5, 0.6) is 0 Å². The molecule has 0 radical (unpaired) electrons. The molecule has 2 fully saturated rings. The average molecular weight is 474 g/mol. The van der Waals surface area contributed by atoms with E-state index in [4.69, 9.17) is 4.74 Å². The lowest BCUT2D eigenvalue weighted by molar-refractivity contribution is 0.0949. The van der Waals surface area contributed by atoms with E-state index in [0.717, 1.165) is 51.6 Å². The van der Waals surface area contributed by atoms with Crippen molar-refractivity contribution in [1.82, 2.24) is 25.5 Å². The van der Waals surface area contributed by atoms with E-state index < -0.39 is 0 Å². The van der Waals surface area contributed by atoms with Gasteiger partial charge in [-0.15, -0.1) is 24.0 Å². The Balaban J connectivity index is 0.00000243. The lowest BCUT2D eigenvalue weighted by Gasteiger charge is -2.25. The Bertz CT molecular complexity index is 607. The molecule has 1 spiro atoms. The van der Waals surface area contributed by atoms with Gasteiger partial charge in [0.25, 0.3) is 5.91 Å². The molecule has 3 rings (SSSR count). The molecule has 0 bridgehead atoms. The van der Waals surface area contributed by atoms with Crippen molar-refractivity contribution in [1.29, 1.82) is 0 Å². The lowest BCUT2D eigenvalue weighted by Crippen LogP contribution is -2.42. The van der Waals surface area contributed by atoms with Gasteiger partial charge >= 0.3 is 0 Å². The van der Waals surface area contributed by atoms with Gasteiger partial charge in [-0.25, -0.2) is 4.98 Å². The maximum Gasteiger partial charge on any atom is 0.271 e. The highest BCUT2D eigenvalue weighted by Crippen LogP contribution is 2.38. The third-order valence-corrected chi connectivity index (χ3v) is 4.71. The zero-order valence-electron chi connectivity index (χ0n) is 15.1. The molecule has 26 heavy (non-hydrogen) atoms. The molecule has 144 valence electrons. The van der Waals surface area contributed by atoms with Crippen LogP contribution in [0.25, 0.3) is 0 Å². The van der Waals surface area contributed by atoms with Crippen LogP contribution >= 0.6 is 24.0 Å². The van der Waals surface area contributed by atoms with Crippen LogP contribution < -0.4 is 10.6 Å². The fraction of sp³-hybridized carbons (Fsp3) is 0.647. The van der Waals surface area contributed by atoms with Gasteiger partial charge in [0.15, 0.2) is 5.96 Å². The number of likely N-dealkylation sites (tertiary alicyclic amines) is 1. The summed E-state index contributed by atoms with van der Waals surface area (Å²) in [7, 11) is 0. The maximum atomic E-state index is 11.9. The van der Waals surface area contributed by atoms with Crippen molar-refractivity contribution in [3.8, 4) is 0 Å². The van der Waals surface area contributed by atoms with Crippen LogP contribution in [0.15, 0.2) is 23.6 Å². The Labute approximate surface area is 171 Å². The normalized spacial score (nSPS) is 22.3. The molecule has 1 aromatic rings. The summed E-state index contributed by atoms with van der Waals surface area (Å²) in [6.45, 7) is 7.60. The Kier molecular flexibility index (Phi) is 8.01. The topological polar surface area (TPSA) is 91.7 Å². The summed E-state index contributed by atoms with van der Waals surface area (Å²) in [6.07, 6.45) is 6.79. The molecule has 2 N–H and O–H groups in total. The minimum Gasteiger partial charge on any atom is -0.381 e. The third kappa shape index (κ3) is 5.26. The second kappa shape index (κ2) is 10.0. The monoisotopic (exact) mass is 474 g/mol. The van der Waals surface area contributed by atoms with Gasteiger partial charge in [0.05, 0.1) is 19.3 Å². The lowest BCUT2D eigenvalue weighted by atomic mass is 9.87. The number of hydrogen-bond acceptors (Lipinski definition) is 5. The van der Waals surface area contributed by atoms with E-state index in [2.05, 4.69) is 37.4 Å². The first-order valence-electron chi connectivity index (χ1n) is 8.88. The summed E-state index contributed by atoms with van der Waals surface area (Å²) < 4.78 is 5.59. The van der Waals surface area contributed by atoms with Crippen LogP contribution in [0.2, 0.25) is 0 Å². The first-order chi connectivity index (χ1) is 12.2. The fourth-order valence-electron chi connectivity index (χ4n) is 3.35. The van der Waals surface area contributed by atoms with E-state index in [1.165, 1.54) is 12.4 Å². The summed E-state index contributed by atoms with van der Waals surface area (Å²) >= 11 is 0. The summed E-state index contributed by atoms with van der Waals surface area (Å²) in [5, 5.41) is 6.17. The van der Waals surface area contributed by atoms with Gasteiger partial charge in [0.1, 0.15) is 5.69 Å². The Morgan fingerprint density at radius 2 is 2.27 bits per heavy atom. The molecule has 0 saturated carbocycles. The number of amides is 1. The quantitative estimate of drug-likeness (QED) is 0.285. The molecule has 1 amide bonds. The number of halogens is 1. The second-order valence-electron chi connectivity index (χ2n) is 6.56. The summed E-state index contributed by atoms with van der Waals surface area (Å²) in [5.41, 5.74) is 0.622. The van der Waals surface area contributed by atoms with Crippen LogP contribution in [0.4, 0.5) is 0 Å². The SMILES string of the molecule is CCNC(=NCCNC(=O)c1cnccn1)N1CCC2(CCOC2)C1.I. The molecule has 2 aliphatic rings. The summed E-state index contributed by atoms with van der Waals surface area (Å²) in [5.74, 6) is 0.691. The molecule has 3 heterocycles. The number of aromatic nitrogens is 2. The van der Waals surface area contributed by atoms with Crippen LogP contribution in [-0.4, -0.2) is 72.7 Å². The molecule has 1 aromatic heterocycles. The second-order valence-corrected chi connectivity index (χ2v) is 6.56. The Morgan fingerprint density at radius 3 is 2.96 bits per heavy atom. The summed E-state index contributed by atoms with van der Waals surface area (Å²) in [4.78, 5) is 26.8. The molecular formula is C17H27IN6O2. The first-order valence-corrected chi connectivity index (χ1v) is 8.88. The zero-order chi connectivity index (χ0) is 17.5. The van der Waals surface area contributed by atoms with Gasteiger partial charge in [-0.1, -0.05) is 0 Å². The Morgan fingerprint density at radius 1 is 1.38 bits per heavy atom. The number of rotatable bonds is 5.